The van der Waals surface area contributed by atoms with E-state index in [2.05, 4.69) is 169 Å². The molecule has 0 spiro atoms. The molecule has 2 rings (SSSR count). The normalized spacial score (nSPS) is 8.37. The van der Waals surface area contributed by atoms with Crippen LogP contribution in [0.4, 0.5) is 0 Å². The number of hydrogen-bond acceptors (Lipinski definition) is 10. The molecule has 0 heterocycles. The third-order valence-electron chi connectivity index (χ3n) is 6.69. The summed E-state index contributed by atoms with van der Waals surface area (Å²) in [4.78, 5) is 45.9. The fraction of sp³-hybridized carbons (Fsp3) is 0.630. The van der Waals surface area contributed by atoms with Crippen LogP contribution in [0.2, 0.25) is 0 Å². The van der Waals surface area contributed by atoms with Crippen molar-refractivity contribution in [2.45, 2.75) is 94.8 Å². The number of esters is 2. The Kier molecular flexibility index (Phi) is 136. The predicted molar refractivity (Wildman–Crippen MR) is 335 cm³/mol. The molecule has 421 valence electrons. The molecular formula is C54H109Br5N5O5UV+3. The molecule has 0 bridgehead atoms. The molecule has 0 atom stereocenters. The molecule has 0 amide bonds. The molecule has 0 N–H and O–H groups in total. The minimum Gasteiger partial charge on any atom is -0.461 e. The van der Waals surface area contributed by atoms with Gasteiger partial charge in [0.1, 0.15) is 16.7 Å². The van der Waals surface area contributed by atoms with E-state index < -0.39 is 4.32 Å². The molecule has 0 saturated heterocycles. The van der Waals surface area contributed by atoms with E-state index in [9.17, 15) is 14.4 Å². The van der Waals surface area contributed by atoms with Crippen molar-refractivity contribution in [3.63, 3.8) is 0 Å². The molecule has 0 unspecified atom stereocenters. The van der Waals surface area contributed by atoms with Crippen LogP contribution in [0.15, 0.2) is 66.7 Å². The first-order valence-electron chi connectivity index (χ1n) is 22.7. The summed E-state index contributed by atoms with van der Waals surface area (Å²) in [6.45, 7) is 43.6. The Bertz CT molecular complexity index is 1240. The smallest absolute Gasteiger partial charge is 0.333 e. The zero-order chi connectivity index (χ0) is 56.9. The molecule has 0 aromatic heterocycles. The van der Waals surface area contributed by atoms with E-state index in [-0.39, 0.29) is 74.8 Å². The topological polar surface area (TPSA) is 85.9 Å². The summed E-state index contributed by atoms with van der Waals surface area (Å²) in [5.74, 6) is 6.91. The van der Waals surface area contributed by atoms with Crippen LogP contribution in [0.1, 0.15) is 106 Å². The van der Waals surface area contributed by atoms with Crippen LogP contribution in [0.25, 0.3) is 0 Å². The Morgan fingerprint density at radius 3 is 1.10 bits per heavy atom. The van der Waals surface area contributed by atoms with Crippen LogP contribution >= 0.6 is 79.6 Å². The number of nitrogens with zero attached hydrogens (tertiary/aromatic N) is 5. The second-order valence-corrected chi connectivity index (χ2v) is 15.0. The number of ketones is 1. The fourth-order valence-corrected chi connectivity index (χ4v) is 3.49. The summed E-state index contributed by atoms with van der Waals surface area (Å²) < 4.78 is 9.31. The quantitative estimate of drug-likeness (QED) is 0.0381. The van der Waals surface area contributed by atoms with Crippen molar-refractivity contribution in [1.29, 1.82) is 0 Å². The number of likely N-dealkylation sites (N-methyl/N-ethyl adjacent to an activating group) is 5. The molecule has 71 heavy (non-hydrogen) atoms. The van der Waals surface area contributed by atoms with Crippen LogP contribution in [0.5, 0.6) is 5.75 Å². The van der Waals surface area contributed by atoms with Crippen molar-refractivity contribution in [2.24, 2.45) is 0 Å². The van der Waals surface area contributed by atoms with Gasteiger partial charge in [0.2, 0.25) is 0 Å². The Morgan fingerprint density at radius 1 is 0.549 bits per heavy atom. The molecule has 10 nitrogen and oxygen atoms in total. The third kappa shape index (κ3) is 87.2. The summed E-state index contributed by atoms with van der Waals surface area (Å²) >= 11 is 15.0. The van der Waals surface area contributed by atoms with Gasteiger partial charge in [0.25, 0.3) is 0 Å². The van der Waals surface area contributed by atoms with Gasteiger partial charge in [0, 0.05) is 112 Å². The van der Waals surface area contributed by atoms with Gasteiger partial charge in [0.05, 0.1) is 41.5 Å². The van der Waals surface area contributed by atoms with Crippen LogP contribution < -0.4 is 4.74 Å². The summed E-state index contributed by atoms with van der Waals surface area (Å²) in [6.07, 6.45) is 0. The number of hydrogen-bond donors (Lipinski definition) is 0. The van der Waals surface area contributed by atoms with Gasteiger partial charge in [-0.3, -0.25) is 9.59 Å². The number of rotatable bonds is 17. The van der Waals surface area contributed by atoms with Gasteiger partial charge in [0.15, 0.2) is 5.78 Å². The van der Waals surface area contributed by atoms with Gasteiger partial charge in [-0.2, -0.15) is 0 Å². The van der Waals surface area contributed by atoms with Gasteiger partial charge >= 0.3 is 11.9 Å². The second kappa shape index (κ2) is 89.8. The maximum atomic E-state index is 12.2. The van der Waals surface area contributed by atoms with Crippen molar-refractivity contribution in [3.8, 4) is 5.75 Å². The van der Waals surface area contributed by atoms with Crippen molar-refractivity contribution in [1.82, 2.24) is 24.5 Å². The number of halogens is 5. The largest absolute Gasteiger partial charge is 0.461 e. The SMILES string of the molecule is C.C=C(C)C(=O)OCCN(C)C.CBr.CBr.CBr.CBr.CC.CC.CC.CC(C)(Br)C(=O)Oc1ccc(C(=O)c2ccccc2)cc1.CN(C)CCN(C)CCN(C)CCN(C)C.[CH2+]C.[CH2+]C.[CH2+]C.[U].[V]. The number of benzene rings is 2. The van der Waals surface area contributed by atoms with E-state index in [1.54, 1.807) is 77.9 Å². The van der Waals surface area contributed by atoms with Gasteiger partial charge in [-0.05, 0) is 125 Å². The summed E-state index contributed by atoms with van der Waals surface area (Å²) in [6, 6.07) is 15.6. The number of alkyl halides is 5. The summed E-state index contributed by atoms with van der Waals surface area (Å²) in [7, 11) is 16.7. The summed E-state index contributed by atoms with van der Waals surface area (Å²) in [5.41, 5.74) is 1.63. The van der Waals surface area contributed by atoms with Crippen LogP contribution in [-0.4, -0.2) is 179 Å². The monoisotopic (exact) mass is 1590 g/mol. The van der Waals surface area contributed by atoms with E-state index in [1.165, 1.54) is 0 Å². The van der Waals surface area contributed by atoms with Crippen LogP contribution in [-0.2, 0) is 32.9 Å². The first-order chi connectivity index (χ1) is 32.3. The molecule has 1 radical (unpaired) electrons. The Labute approximate surface area is 521 Å². The standard InChI is InChI=1S/C17H15BrO3.C12H30N4.C8H15NO2.3C2H6.3C2H5.4CH3Br.CH4.U.V/c1-17(2,18)16(20)21-14-10-8-13(9-11-14)15(19)12-6-4-3-5-7-12;1-13(2)7-9-15(5)11-12-16(6)10-8-14(3)4;1-7(2)8(10)11-6-5-9(3)4;10*1-2;;;/h3-11H,1-2H3;7-12H2,1-6H3;1,5-6H2,2-4H3;3*1-2H3;3*1H2,2H3;4*1H3;1H4;;/q;;;;;;3*+1;;;;;;;. The van der Waals surface area contributed by atoms with E-state index >= 15 is 0 Å². The average molecular weight is 1600 g/mol. The number of carbonyl (C=O) groups is 3. The van der Waals surface area contributed by atoms with E-state index in [0.29, 0.717) is 29.1 Å². The molecule has 2 aromatic carbocycles. The minimum atomic E-state index is -0.745. The minimum absolute atomic E-state index is 0. The molecule has 0 aliphatic rings. The molecule has 0 aliphatic heterocycles. The average Bonchev–Trinajstić information content (AvgIpc) is 3.38. The molecule has 0 aliphatic carbocycles. The predicted octanol–water partition coefficient (Wildman–Crippen LogP) is 14.9. The van der Waals surface area contributed by atoms with Crippen LogP contribution in [0.3, 0.4) is 0 Å². The van der Waals surface area contributed by atoms with E-state index in [1.807, 2.05) is 102 Å². The van der Waals surface area contributed by atoms with Gasteiger partial charge < -0.3 is 34.0 Å². The summed E-state index contributed by atoms with van der Waals surface area (Å²) in [5, 5.41) is 0. The maximum Gasteiger partial charge on any atom is 0.333 e. The Balaban J connectivity index is -0.0000000487. The van der Waals surface area contributed by atoms with Crippen molar-refractivity contribution < 1.29 is 73.5 Å². The Morgan fingerprint density at radius 2 is 0.831 bits per heavy atom. The second-order valence-electron chi connectivity index (χ2n) is 13.0. The Hall–Kier alpha value is 0.236. The molecule has 0 saturated carbocycles. The molecule has 17 heteroatoms. The molecular weight excluding hydrogens is 1490 g/mol. The molecule has 2 aromatic rings. The van der Waals surface area contributed by atoms with E-state index in [0.717, 1.165) is 45.8 Å². The van der Waals surface area contributed by atoms with Crippen molar-refractivity contribution >= 4 is 97.4 Å². The zero-order valence-electron chi connectivity index (χ0n) is 48.8. The van der Waals surface area contributed by atoms with E-state index in [4.69, 9.17) is 9.47 Å². The zero-order valence-corrected chi connectivity index (χ0v) is 62.3. The maximum absolute atomic E-state index is 12.2. The van der Waals surface area contributed by atoms with Crippen molar-refractivity contribution in [2.75, 3.05) is 132 Å². The number of carbonyl (C=O) groups excluding carboxylic acids is 3. The first kappa shape index (κ1) is 107. The number of ether oxygens (including phenoxy) is 2. The third-order valence-corrected chi connectivity index (χ3v) is 7.01. The first-order valence-corrected chi connectivity index (χ1v) is 29.8. The van der Waals surface area contributed by atoms with Crippen LogP contribution in [0, 0.1) is 51.9 Å². The van der Waals surface area contributed by atoms with Gasteiger partial charge in [-0.25, -0.2) is 4.79 Å². The van der Waals surface area contributed by atoms with Crippen molar-refractivity contribution in [3.05, 3.63) is 98.6 Å². The fourth-order valence-electron chi connectivity index (χ4n) is 3.41. The molecule has 0 fully saturated rings. The van der Waals surface area contributed by atoms with Gasteiger partial charge in [-0.15, -0.1) is 0 Å². The van der Waals surface area contributed by atoms with Gasteiger partial charge in [-0.1, -0.05) is 166 Å².